The van der Waals surface area contributed by atoms with E-state index < -0.39 is 12.0 Å². The van der Waals surface area contributed by atoms with Gasteiger partial charge in [-0.1, -0.05) is 30.3 Å². The molecule has 0 saturated carbocycles. The zero-order valence-electron chi connectivity index (χ0n) is 9.44. The van der Waals surface area contributed by atoms with Crippen molar-refractivity contribution in [1.29, 1.82) is 0 Å². The van der Waals surface area contributed by atoms with Crippen LogP contribution in [-0.4, -0.2) is 29.8 Å². The van der Waals surface area contributed by atoms with Crippen LogP contribution >= 0.6 is 0 Å². The summed E-state index contributed by atoms with van der Waals surface area (Å²) in [6.07, 6.45) is 1.78. The maximum Gasteiger partial charge on any atom is 0.287 e. The van der Waals surface area contributed by atoms with Crippen LogP contribution in [0.3, 0.4) is 0 Å². The molecule has 1 aromatic carbocycles. The molecule has 4 heteroatoms. The van der Waals surface area contributed by atoms with Gasteiger partial charge in [0.15, 0.2) is 0 Å². The number of halogens is 2. The highest BCUT2D eigenvalue weighted by Crippen LogP contribution is 2.30. The summed E-state index contributed by atoms with van der Waals surface area (Å²) in [6.45, 7) is 0. The van der Waals surface area contributed by atoms with Crippen molar-refractivity contribution < 1.29 is 13.6 Å². The molecular weight excluding hydrogens is 224 g/mol. The number of benzene rings is 1. The topological polar surface area (TPSA) is 20.3 Å². The van der Waals surface area contributed by atoms with E-state index in [-0.39, 0.29) is 12.3 Å². The van der Waals surface area contributed by atoms with Crippen LogP contribution in [0.5, 0.6) is 0 Å². The van der Waals surface area contributed by atoms with E-state index in [0.717, 1.165) is 16.5 Å². The van der Waals surface area contributed by atoms with Crippen molar-refractivity contribution in [3.63, 3.8) is 0 Å². The lowest BCUT2D eigenvalue weighted by atomic mass is 9.96. The van der Waals surface area contributed by atoms with Gasteiger partial charge in [-0.25, -0.2) is 0 Å². The van der Waals surface area contributed by atoms with Gasteiger partial charge in [-0.2, -0.15) is 8.78 Å². The minimum atomic E-state index is -2.97. The summed E-state index contributed by atoms with van der Waals surface area (Å²) in [4.78, 5) is 12.5. The van der Waals surface area contributed by atoms with Crippen molar-refractivity contribution >= 4 is 5.91 Å². The fourth-order valence-electron chi connectivity index (χ4n) is 1.93. The summed E-state index contributed by atoms with van der Waals surface area (Å²) in [6, 6.07) is 7.89. The maximum absolute atomic E-state index is 13.7. The van der Waals surface area contributed by atoms with Crippen LogP contribution in [0.4, 0.5) is 8.78 Å². The molecule has 1 aliphatic heterocycles. The Bertz CT molecular complexity index is 442. The van der Waals surface area contributed by atoms with Crippen molar-refractivity contribution in [2.24, 2.45) is 0 Å². The lowest BCUT2D eigenvalue weighted by Gasteiger charge is -2.35. The zero-order chi connectivity index (χ0) is 12.5. The molecule has 0 spiro atoms. The van der Waals surface area contributed by atoms with Crippen LogP contribution in [-0.2, 0) is 11.2 Å². The first kappa shape index (κ1) is 11.8. The molecule has 2 nitrogen and oxygen atoms in total. The molecule has 0 radical (unpaired) electrons. The Balaban J connectivity index is 2.24. The first-order chi connectivity index (χ1) is 8.00. The third-order valence-electron chi connectivity index (χ3n) is 2.98. The Kier molecular flexibility index (Phi) is 2.96. The SMILES string of the molecule is CN1C(=O)C=CC(F)(F)[C@H]1Cc1ccccc1. The first-order valence-corrected chi connectivity index (χ1v) is 5.38. The molecule has 1 aromatic rings. The van der Waals surface area contributed by atoms with E-state index in [4.69, 9.17) is 0 Å². The molecule has 0 unspecified atom stereocenters. The highest BCUT2D eigenvalue weighted by molar-refractivity contribution is 5.89. The van der Waals surface area contributed by atoms with Gasteiger partial charge in [-0.15, -0.1) is 0 Å². The molecule has 0 saturated heterocycles. The average Bonchev–Trinajstić information content (AvgIpc) is 2.32. The number of hydrogen-bond donors (Lipinski definition) is 0. The minimum Gasteiger partial charge on any atom is -0.332 e. The van der Waals surface area contributed by atoms with Gasteiger partial charge in [-0.3, -0.25) is 4.79 Å². The molecule has 0 N–H and O–H groups in total. The van der Waals surface area contributed by atoms with Crippen LogP contribution < -0.4 is 0 Å². The second-order valence-electron chi connectivity index (χ2n) is 4.16. The van der Waals surface area contributed by atoms with Crippen molar-refractivity contribution in [3.8, 4) is 0 Å². The number of carbonyl (C=O) groups is 1. The van der Waals surface area contributed by atoms with Gasteiger partial charge in [0.25, 0.3) is 5.92 Å². The number of hydrogen-bond acceptors (Lipinski definition) is 1. The molecule has 1 aliphatic rings. The average molecular weight is 237 g/mol. The Hall–Kier alpha value is -1.71. The van der Waals surface area contributed by atoms with Crippen LogP contribution in [0.25, 0.3) is 0 Å². The van der Waals surface area contributed by atoms with Gasteiger partial charge in [-0.05, 0) is 18.1 Å². The Morgan fingerprint density at radius 2 is 1.94 bits per heavy atom. The van der Waals surface area contributed by atoms with Gasteiger partial charge < -0.3 is 4.90 Å². The van der Waals surface area contributed by atoms with E-state index in [2.05, 4.69) is 0 Å². The predicted octanol–water partition coefficient (Wildman–Crippen LogP) is 2.26. The van der Waals surface area contributed by atoms with Gasteiger partial charge in [0.2, 0.25) is 5.91 Å². The number of amides is 1. The third-order valence-corrected chi connectivity index (χ3v) is 2.98. The predicted molar refractivity (Wildman–Crippen MR) is 60.8 cm³/mol. The normalized spacial score (nSPS) is 22.9. The minimum absolute atomic E-state index is 0.153. The number of alkyl halides is 2. The molecule has 1 amide bonds. The zero-order valence-corrected chi connectivity index (χ0v) is 9.44. The molecule has 90 valence electrons. The Morgan fingerprint density at radius 3 is 2.59 bits per heavy atom. The molecule has 0 aliphatic carbocycles. The summed E-state index contributed by atoms with van der Waals surface area (Å²) in [7, 11) is 1.41. The lowest BCUT2D eigenvalue weighted by molar-refractivity contribution is -0.136. The fourth-order valence-corrected chi connectivity index (χ4v) is 1.93. The smallest absolute Gasteiger partial charge is 0.287 e. The van der Waals surface area contributed by atoms with E-state index >= 15 is 0 Å². The van der Waals surface area contributed by atoms with Crippen LogP contribution in [0, 0.1) is 0 Å². The summed E-state index contributed by atoms with van der Waals surface area (Å²) in [5.74, 6) is -3.35. The molecule has 0 bridgehead atoms. The molecule has 1 heterocycles. The first-order valence-electron chi connectivity index (χ1n) is 5.38. The molecule has 0 aromatic heterocycles. The monoisotopic (exact) mass is 237 g/mol. The fraction of sp³-hybridized carbons (Fsp3) is 0.308. The largest absolute Gasteiger partial charge is 0.332 e. The third kappa shape index (κ3) is 2.35. The molecule has 1 atom stereocenters. The highest BCUT2D eigenvalue weighted by atomic mass is 19.3. The molecule has 2 rings (SSSR count). The maximum atomic E-state index is 13.7. The number of rotatable bonds is 2. The van der Waals surface area contributed by atoms with E-state index in [1.54, 1.807) is 24.3 Å². The Morgan fingerprint density at radius 1 is 1.29 bits per heavy atom. The summed E-state index contributed by atoms with van der Waals surface area (Å²) in [5.41, 5.74) is 0.798. The van der Waals surface area contributed by atoms with Crippen molar-refractivity contribution in [1.82, 2.24) is 4.90 Å². The Labute approximate surface area is 98.5 Å². The molecule has 0 fully saturated rings. The number of nitrogens with zero attached hydrogens (tertiary/aromatic N) is 1. The second kappa shape index (κ2) is 4.28. The van der Waals surface area contributed by atoms with Crippen LogP contribution in [0.2, 0.25) is 0 Å². The van der Waals surface area contributed by atoms with Crippen molar-refractivity contribution in [2.75, 3.05) is 7.05 Å². The van der Waals surface area contributed by atoms with E-state index in [9.17, 15) is 13.6 Å². The van der Waals surface area contributed by atoms with Gasteiger partial charge >= 0.3 is 0 Å². The quantitative estimate of drug-likeness (QED) is 0.772. The standard InChI is InChI=1S/C13H13F2NO/c1-16-11(9-10-5-3-2-4-6-10)13(14,15)8-7-12(16)17/h2-8,11H,9H2,1H3/t11-/m1/s1. The summed E-state index contributed by atoms with van der Waals surface area (Å²) in [5, 5.41) is 0. The van der Waals surface area contributed by atoms with Gasteiger partial charge in [0.1, 0.15) is 6.04 Å². The van der Waals surface area contributed by atoms with E-state index in [1.807, 2.05) is 6.07 Å². The van der Waals surface area contributed by atoms with Gasteiger partial charge in [0, 0.05) is 13.1 Å². The lowest BCUT2D eigenvalue weighted by Crippen LogP contribution is -2.51. The van der Waals surface area contributed by atoms with Crippen molar-refractivity contribution in [3.05, 3.63) is 48.0 Å². The summed E-state index contributed by atoms with van der Waals surface area (Å²) < 4.78 is 27.4. The van der Waals surface area contributed by atoms with Gasteiger partial charge in [0.05, 0.1) is 0 Å². The number of likely N-dealkylation sites (N-methyl/N-ethyl adjacent to an activating group) is 1. The van der Waals surface area contributed by atoms with Crippen LogP contribution in [0.15, 0.2) is 42.5 Å². The van der Waals surface area contributed by atoms with E-state index in [1.165, 1.54) is 7.05 Å². The molecule has 17 heavy (non-hydrogen) atoms. The van der Waals surface area contributed by atoms with Crippen LogP contribution in [0.1, 0.15) is 5.56 Å². The highest BCUT2D eigenvalue weighted by Gasteiger charge is 2.43. The summed E-state index contributed by atoms with van der Waals surface area (Å²) >= 11 is 0. The number of carbonyl (C=O) groups excluding carboxylic acids is 1. The van der Waals surface area contributed by atoms with Crippen molar-refractivity contribution in [2.45, 2.75) is 18.4 Å². The van der Waals surface area contributed by atoms with E-state index in [0.29, 0.717) is 6.08 Å². The molecular formula is C13H13F2NO. The second-order valence-corrected chi connectivity index (χ2v) is 4.16.